The first-order valence-corrected chi connectivity index (χ1v) is 8.09. The largest absolute Gasteiger partial charge is 0.478 e. The summed E-state index contributed by atoms with van der Waals surface area (Å²) < 4.78 is 4.91. The molecule has 5 N–H and O–H groups in total. The molecule has 0 bridgehead atoms. The minimum absolute atomic E-state index is 0.108. The molecule has 0 fully saturated rings. The van der Waals surface area contributed by atoms with Crippen molar-refractivity contribution in [1.29, 1.82) is 0 Å². The summed E-state index contributed by atoms with van der Waals surface area (Å²) in [6, 6.07) is 5.42. The Morgan fingerprint density at radius 1 is 1.12 bits per heavy atom. The Morgan fingerprint density at radius 2 is 1.72 bits per heavy atom. The Kier molecular flexibility index (Phi) is 8.42. The first-order chi connectivity index (χ1) is 11.8. The van der Waals surface area contributed by atoms with Gasteiger partial charge >= 0.3 is 11.9 Å². The summed E-state index contributed by atoms with van der Waals surface area (Å²) in [6.07, 6.45) is 1.37. The van der Waals surface area contributed by atoms with E-state index >= 15 is 0 Å². The predicted molar refractivity (Wildman–Crippen MR) is 90.3 cm³/mol. The molecule has 0 saturated carbocycles. The minimum atomic E-state index is -1.97. The molecule has 0 aliphatic carbocycles. The number of carboxylic acid groups (broad SMARTS) is 2. The van der Waals surface area contributed by atoms with Gasteiger partial charge in [-0.15, -0.1) is 0 Å². The fourth-order valence-electron chi connectivity index (χ4n) is 2.11. The average Bonchev–Trinajstić information content (AvgIpc) is 2.57. The van der Waals surface area contributed by atoms with Gasteiger partial charge in [-0.3, -0.25) is 4.79 Å². The number of nitrogens with two attached hydrogens (primary N) is 1. The normalized spacial score (nSPS) is 11.8. The standard InChI is InChI=1S/C17H24N2O6/c1-2-3-4-9-19-15(20)13(18)10-11-5-7-12(8-6-11)25-14(16(21)22)17(23)24/h5-8,13-14H,2-4,9-10,18H2,1H3,(H,19,20)(H,21,22)(H,23,24)/t13-/m0/s1. The van der Waals surface area contributed by atoms with Crippen LogP contribution in [0.3, 0.4) is 0 Å². The number of amides is 1. The molecule has 0 unspecified atom stereocenters. The van der Waals surface area contributed by atoms with E-state index in [1.165, 1.54) is 12.1 Å². The van der Waals surface area contributed by atoms with Crippen LogP contribution in [0, 0.1) is 0 Å². The maximum Gasteiger partial charge on any atom is 0.356 e. The quantitative estimate of drug-likeness (QED) is 0.341. The lowest BCUT2D eigenvalue weighted by Crippen LogP contribution is -2.42. The molecule has 0 aromatic heterocycles. The molecule has 0 heterocycles. The molecule has 8 nitrogen and oxygen atoms in total. The Morgan fingerprint density at radius 3 is 2.24 bits per heavy atom. The van der Waals surface area contributed by atoms with E-state index < -0.39 is 24.1 Å². The van der Waals surface area contributed by atoms with Gasteiger partial charge in [0.2, 0.25) is 5.91 Å². The second-order valence-electron chi connectivity index (χ2n) is 5.63. The molecule has 0 spiro atoms. The molecule has 1 aromatic rings. The molecule has 1 aromatic carbocycles. The highest BCUT2D eigenvalue weighted by molar-refractivity contribution is 5.96. The Balaban J connectivity index is 2.54. The Labute approximate surface area is 146 Å². The first-order valence-electron chi connectivity index (χ1n) is 8.09. The molecule has 0 aliphatic heterocycles. The van der Waals surface area contributed by atoms with Gasteiger partial charge in [-0.05, 0) is 30.5 Å². The third kappa shape index (κ3) is 7.21. The SMILES string of the molecule is CCCCCNC(=O)[C@@H](N)Cc1ccc(OC(C(=O)O)C(=O)O)cc1. The fraction of sp³-hybridized carbons (Fsp3) is 0.471. The molecular weight excluding hydrogens is 328 g/mol. The zero-order valence-corrected chi connectivity index (χ0v) is 14.1. The van der Waals surface area contributed by atoms with Crippen LogP contribution >= 0.6 is 0 Å². The van der Waals surface area contributed by atoms with Crippen molar-refractivity contribution in [2.75, 3.05) is 6.54 Å². The van der Waals surface area contributed by atoms with E-state index in [0.717, 1.165) is 24.8 Å². The van der Waals surface area contributed by atoms with Gasteiger partial charge in [0.25, 0.3) is 6.10 Å². The first kappa shape index (κ1) is 20.4. The smallest absolute Gasteiger partial charge is 0.356 e. The van der Waals surface area contributed by atoms with Crippen molar-refractivity contribution < 1.29 is 29.3 Å². The van der Waals surface area contributed by atoms with Crippen LogP contribution in [-0.2, 0) is 20.8 Å². The molecule has 0 radical (unpaired) electrons. The van der Waals surface area contributed by atoms with Gasteiger partial charge in [0.15, 0.2) is 0 Å². The zero-order chi connectivity index (χ0) is 18.8. The van der Waals surface area contributed by atoms with Crippen molar-refractivity contribution in [3.63, 3.8) is 0 Å². The third-order valence-corrected chi connectivity index (χ3v) is 3.50. The van der Waals surface area contributed by atoms with Crippen LogP contribution in [0.15, 0.2) is 24.3 Å². The van der Waals surface area contributed by atoms with Crippen molar-refractivity contribution >= 4 is 17.8 Å². The lowest BCUT2D eigenvalue weighted by atomic mass is 10.1. The van der Waals surface area contributed by atoms with Gasteiger partial charge in [-0.25, -0.2) is 9.59 Å². The molecule has 1 amide bonds. The molecule has 25 heavy (non-hydrogen) atoms. The second kappa shape index (κ2) is 10.3. The highest BCUT2D eigenvalue weighted by Gasteiger charge is 2.27. The maximum atomic E-state index is 11.9. The third-order valence-electron chi connectivity index (χ3n) is 3.50. The van der Waals surface area contributed by atoms with Crippen LogP contribution in [0.4, 0.5) is 0 Å². The number of nitrogens with one attached hydrogen (secondary N) is 1. The van der Waals surface area contributed by atoms with Crippen LogP contribution in [0.25, 0.3) is 0 Å². The number of rotatable bonds is 11. The van der Waals surface area contributed by atoms with E-state index in [4.69, 9.17) is 20.7 Å². The number of carboxylic acids is 2. The van der Waals surface area contributed by atoms with Crippen molar-refractivity contribution in [2.24, 2.45) is 5.73 Å². The number of benzene rings is 1. The lowest BCUT2D eigenvalue weighted by Gasteiger charge is -2.14. The predicted octanol–water partition coefficient (Wildman–Crippen LogP) is 0.779. The summed E-state index contributed by atoms with van der Waals surface area (Å²) in [5, 5.41) is 20.3. The van der Waals surface area contributed by atoms with Crippen LogP contribution in [0.2, 0.25) is 0 Å². The minimum Gasteiger partial charge on any atom is -0.478 e. The summed E-state index contributed by atoms with van der Waals surface area (Å²) in [5.74, 6) is -3.29. The van der Waals surface area contributed by atoms with E-state index in [0.29, 0.717) is 13.0 Å². The highest BCUT2D eigenvalue weighted by atomic mass is 16.5. The molecule has 0 saturated heterocycles. The van der Waals surface area contributed by atoms with E-state index in [1.54, 1.807) is 12.1 Å². The topological polar surface area (TPSA) is 139 Å². The summed E-state index contributed by atoms with van der Waals surface area (Å²) in [4.78, 5) is 33.5. The summed E-state index contributed by atoms with van der Waals surface area (Å²) in [6.45, 7) is 2.68. The van der Waals surface area contributed by atoms with Gasteiger partial charge in [-0.2, -0.15) is 0 Å². The monoisotopic (exact) mass is 352 g/mol. The van der Waals surface area contributed by atoms with Gasteiger partial charge in [0, 0.05) is 6.54 Å². The van der Waals surface area contributed by atoms with Crippen LogP contribution in [0.1, 0.15) is 31.7 Å². The Bertz CT molecular complexity index is 573. The lowest BCUT2D eigenvalue weighted by molar-refractivity contribution is -0.159. The number of carbonyl (C=O) groups excluding carboxylic acids is 1. The number of unbranched alkanes of at least 4 members (excludes halogenated alkanes) is 2. The van der Waals surface area contributed by atoms with E-state index in [9.17, 15) is 14.4 Å². The van der Waals surface area contributed by atoms with Crippen molar-refractivity contribution in [3.8, 4) is 5.75 Å². The van der Waals surface area contributed by atoms with Crippen molar-refractivity contribution in [2.45, 2.75) is 44.8 Å². The number of hydrogen-bond acceptors (Lipinski definition) is 5. The zero-order valence-electron chi connectivity index (χ0n) is 14.1. The number of ether oxygens (including phenoxy) is 1. The average molecular weight is 352 g/mol. The van der Waals surface area contributed by atoms with Crippen LogP contribution in [0.5, 0.6) is 5.75 Å². The number of carbonyl (C=O) groups is 3. The van der Waals surface area contributed by atoms with Crippen LogP contribution < -0.4 is 15.8 Å². The number of aliphatic carboxylic acids is 2. The summed E-state index contributed by atoms with van der Waals surface area (Å²) in [7, 11) is 0. The van der Waals surface area contributed by atoms with Crippen molar-refractivity contribution in [3.05, 3.63) is 29.8 Å². The van der Waals surface area contributed by atoms with E-state index in [-0.39, 0.29) is 11.7 Å². The maximum absolute atomic E-state index is 11.9. The van der Waals surface area contributed by atoms with Gasteiger partial charge in [0.05, 0.1) is 6.04 Å². The van der Waals surface area contributed by atoms with Crippen LogP contribution in [-0.4, -0.2) is 46.7 Å². The number of hydrogen-bond donors (Lipinski definition) is 4. The van der Waals surface area contributed by atoms with Gasteiger partial charge < -0.3 is 26.0 Å². The van der Waals surface area contributed by atoms with Crippen molar-refractivity contribution in [1.82, 2.24) is 5.32 Å². The summed E-state index contributed by atoms with van der Waals surface area (Å²) >= 11 is 0. The second-order valence-corrected chi connectivity index (χ2v) is 5.63. The van der Waals surface area contributed by atoms with Gasteiger partial charge in [0.1, 0.15) is 5.75 Å². The van der Waals surface area contributed by atoms with E-state index in [2.05, 4.69) is 12.2 Å². The molecule has 0 aliphatic rings. The summed E-state index contributed by atoms with van der Waals surface area (Å²) in [5.41, 5.74) is 6.62. The Hall–Kier alpha value is -2.61. The highest BCUT2D eigenvalue weighted by Crippen LogP contribution is 2.15. The molecule has 1 rings (SSSR count). The fourth-order valence-corrected chi connectivity index (χ4v) is 2.11. The molecule has 138 valence electrons. The van der Waals surface area contributed by atoms with Gasteiger partial charge in [-0.1, -0.05) is 31.9 Å². The molecular formula is C17H24N2O6. The molecule has 8 heteroatoms. The molecule has 1 atom stereocenters. The van der Waals surface area contributed by atoms with E-state index in [1.807, 2.05) is 0 Å².